The first-order chi connectivity index (χ1) is 13.9. The van der Waals surface area contributed by atoms with Gasteiger partial charge >= 0.3 is 0 Å². The quantitative estimate of drug-likeness (QED) is 0.772. The fourth-order valence-corrected chi connectivity index (χ4v) is 5.02. The molecular formula is C24H31N3O2. The first kappa shape index (κ1) is 19.9. The number of amides is 1. The van der Waals surface area contributed by atoms with Crippen molar-refractivity contribution in [3.63, 3.8) is 0 Å². The zero-order valence-corrected chi connectivity index (χ0v) is 18.1. The van der Waals surface area contributed by atoms with Crippen molar-refractivity contribution in [3.05, 3.63) is 58.4 Å². The number of methoxy groups -OCH3 is 1. The first-order valence-corrected chi connectivity index (χ1v) is 10.6. The van der Waals surface area contributed by atoms with Gasteiger partial charge in [0, 0.05) is 43.1 Å². The predicted octanol–water partition coefficient (Wildman–Crippen LogP) is 3.93. The Morgan fingerprint density at radius 2 is 1.97 bits per heavy atom. The molecule has 1 aromatic heterocycles. The molecule has 2 aliphatic heterocycles. The van der Waals surface area contributed by atoms with Crippen molar-refractivity contribution in [1.29, 1.82) is 0 Å². The van der Waals surface area contributed by atoms with Crippen LogP contribution in [0.2, 0.25) is 0 Å². The summed E-state index contributed by atoms with van der Waals surface area (Å²) in [6.07, 6.45) is 3.68. The van der Waals surface area contributed by atoms with Gasteiger partial charge in [0.25, 0.3) is 5.91 Å². The maximum Gasteiger partial charge on any atom is 0.255 e. The van der Waals surface area contributed by atoms with E-state index in [0.717, 1.165) is 37.4 Å². The van der Waals surface area contributed by atoms with E-state index in [4.69, 9.17) is 4.74 Å². The Morgan fingerprint density at radius 1 is 1.17 bits per heavy atom. The van der Waals surface area contributed by atoms with Gasteiger partial charge in [-0.25, -0.2) is 0 Å². The van der Waals surface area contributed by atoms with E-state index in [1.807, 2.05) is 12.1 Å². The largest absolute Gasteiger partial charge is 0.496 e. The molecule has 0 aliphatic carbocycles. The highest BCUT2D eigenvalue weighted by molar-refractivity contribution is 5.94. The van der Waals surface area contributed by atoms with E-state index in [1.54, 1.807) is 13.3 Å². The maximum atomic E-state index is 13.0. The highest BCUT2D eigenvalue weighted by Gasteiger charge is 2.47. The number of fused-ring (bicyclic) bond motifs is 2. The number of aryl methyl sites for hydroxylation is 1. The number of rotatable bonds is 5. The Bertz CT molecular complexity index is 909. The molecule has 0 unspecified atom stereocenters. The van der Waals surface area contributed by atoms with E-state index in [2.05, 4.69) is 54.6 Å². The van der Waals surface area contributed by atoms with Crippen molar-refractivity contribution in [1.82, 2.24) is 14.8 Å². The molecule has 5 nitrogen and oxygen atoms in total. The third-order valence-corrected chi connectivity index (χ3v) is 6.92. The van der Waals surface area contributed by atoms with Crippen LogP contribution in [0.1, 0.15) is 59.1 Å². The summed E-state index contributed by atoms with van der Waals surface area (Å²) in [5, 5.41) is 0. The molecule has 29 heavy (non-hydrogen) atoms. The molecule has 0 saturated carbocycles. The summed E-state index contributed by atoms with van der Waals surface area (Å²) in [6.45, 7) is 10.4. The zero-order chi connectivity index (χ0) is 20.7. The highest BCUT2D eigenvalue weighted by atomic mass is 16.5. The Morgan fingerprint density at radius 3 is 2.55 bits per heavy atom. The highest BCUT2D eigenvalue weighted by Crippen LogP contribution is 2.39. The predicted molar refractivity (Wildman–Crippen MR) is 114 cm³/mol. The molecule has 3 heterocycles. The van der Waals surface area contributed by atoms with Gasteiger partial charge in [0.1, 0.15) is 5.75 Å². The number of ether oxygens (including phenoxy) is 1. The van der Waals surface area contributed by atoms with Crippen LogP contribution >= 0.6 is 0 Å². The lowest BCUT2D eigenvalue weighted by Crippen LogP contribution is -2.49. The number of hydrogen-bond acceptors (Lipinski definition) is 4. The van der Waals surface area contributed by atoms with E-state index >= 15 is 0 Å². The molecule has 1 amide bonds. The average molecular weight is 394 g/mol. The van der Waals surface area contributed by atoms with Crippen LogP contribution in [0.15, 0.2) is 30.5 Å². The number of likely N-dealkylation sites (tertiary alicyclic amines) is 2. The number of hydrogen-bond donors (Lipinski definition) is 0. The van der Waals surface area contributed by atoms with E-state index in [1.165, 1.54) is 16.7 Å². The first-order valence-electron chi connectivity index (χ1n) is 10.6. The normalized spacial score (nSPS) is 22.2. The molecule has 5 heteroatoms. The van der Waals surface area contributed by atoms with Gasteiger partial charge in [-0.2, -0.15) is 0 Å². The third-order valence-electron chi connectivity index (χ3n) is 6.92. The Kier molecular flexibility index (Phi) is 5.34. The lowest BCUT2D eigenvalue weighted by molar-refractivity contribution is 0.0568. The second-order valence-corrected chi connectivity index (χ2v) is 8.37. The SMILES string of the molecule is CCc1ccc(C(=O)N2C[C@H]3C[C@@H]2CN3[C@@H](C)c2ccc(OC)c(C)c2C)cn1. The Labute approximate surface area is 173 Å². The number of nitrogens with zero attached hydrogens (tertiary/aromatic N) is 3. The van der Waals surface area contributed by atoms with Crippen LogP contribution in [0.4, 0.5) is 0 Å². The molecule has 2 saturated heterocycles. The fraction of sp³-hybridized carbons (Fsp3) is 0.500. The van der Waals surface area contributed by atoms with Crippen molar-refractivity contribution in [3.8, 4) is 5.75 Å². The number of carbonyl (C=O) groups is 1. The van der Waals surface area contributed by atoms with Gasteiger partial charge in [-0.05, 0) is 68.5 Å². The van der Waals surface area contributed by atoms with Gasteiger partial charge in [-0.1, -0.05) is 13.0 Å². The van der Waals surface area contributed by atoms with Crippen molar-refractivity contribution in [2.24, 2.45) is 0 Å². The molecule has 0 N–H and O–H groups in total. The molecule has 3 atom stereocenters. The maximum absolute atomic E-state index is 13.0. The number of carbonyl (C=O) groups excluding carboxylic acids is 1. The summed E-state index contributed by atoms with van der Waals surface area (Å²) in [7, 11) is 1.72. The van der Waals surface area contributed by atoms with Gasteiger partial charge in [0.2, 0.25) is 0 Å². The van der Waals surface area contributed by atoms with Crippen molar-refractivity contribution < 1.29 is 9.53 Å². The molecule has 0 spiro atoms. The fourth-order valence-electron chi connectivity index (χ4n) is 5.02. The van der Waals surface area contributed by atoms with Crippen molar-refractivity contribution >= 4 is 5.91 Å². The molecule has 154 valence electrons. The molecule has 2 fully saturated rings. The number of benzene rings is 1. The van der Waals surface area contributed by atoms with E-state index in [-0.39, 0.29) is 5.91 Å². The lowest BCUT2D eigenvalue weighted by Gasteiger charge is -2.38. The van der Waals surface area contributed by atoms with Crippen LogP contribution in [-0.2, 0) is 6.42 Å². The molecule has 2 aliphatic rings. The minimum Gasteiger partial charge on any atom is -0.496 e. The summed E-state index contributed by atoms with van der Waals surface area (Å²) in [5.74, 6) is 1.07. The summed E-state index contributed by atoms with van der Waals surface area (Å²) in [4.78, 5) is 22.0. The summed E-state index contributed by atoms with van der Waals surface area (Å²) in [5.41, 5.74) is 5.59. The van der Waals surface area contributed by atoms with Crippen LogP contribution in [0.3, 0.4) is 0 Å². The van der Waals surface area contributed by atoms with Crippen LogP contribution in [-0.4, -0.2) is 53.0 Å². The summed E-state index contributed by atoms with van der Waals surface area (Å²) < 4.78 is 5.47. The van der Waals surface area contributed by atoms with Crippen LogP contribution < -0.4 is 4.74 Å². The zero-order valence-electron chi connectivity index (χ0n) is 18.1. The topological polar surface area (TPSA) is 45.7 Å². The van der Waals surface area contributed by atoms with E-state index in [0.29, 0.717) is 23.7 Å². The van der Waals surface area contributed by atoms with Crippen LogP contribution in [0.5, 0.6) is 5.75 Å². The standard InChI is InChI=1S/C24H31N3O2/c1-6-19-8-7-18(12-25-19)24(28)27-14-20-11-21(27)13-26(20)17(4)22-9-10-23(29-5)16(3)15(22)2/h7-10,12,17,20-21H,6,11,13-14H2,1-5H3/t17-,20+,21+/m0/s1. The molecule has 4 rings (SSSR count). The minimum absolute atomic E-state index is 0.122. The second-order valence-electron chi connectivity index (χ2n) is 8.37. The van der Waals surface area contributed by atoms with E-state index < -0.39 is 0 Å². The van der Waals surface area contributed by atoms with Crippen LogP contribution in [0.25, 0.3) is 0 Å². The van der Waals surface area contributed by atoms with Crippen LogP contribution in [0, 0.1) is 13.8 Å². The lowest BCUT2D eigenvalue weighted by atomic mass is 9.96. The summed E-state index contributed by atoms with van der Waals surface area (Å²) >= 11 is 0. The monoisotopic (exact) mass is 393 g/mol. The number of piperazine rings is 1. The molecular weight excluding hydrogens is 362 g/mol. The van der Waals surface area contributed by atoms with Gasteiger partial charge in [0.15, 0.2) is 0 Å². The van der Waals surface area contributed by atoms with E-state index in [9.17, 15) is 4.79 Å². The van der Waals surface area contributed by atoms with Gasteiger partial charge in [-0.15, -0.1) is 0 Å². The molecule has 2 aromatic rings. The van der Waals surface area contributed by atoms with Gasteiger partial charge in [-0.3, -0.25) is 14.7 Å². The van der Waals surface area contributed by atoms with Gasteiger partial charge < -0.3 is 9.64 Å². The Balaban J connectivity index is 1.47. The number of aromatic nitrogens is 1. The third kappa shape index (κ3) is 3.42. The smallest absolute Gasteiger partial charge is 0.255 e. The van der Waals surface area contributed by atoms with Gasteiger partial charge in [0.05, 0.1) is 12.7 Å². The second kappa shape index (κ2) is 7.79. The molecule has 1 aromatic carbocycles. The molecule has 0 radical (unpaired) electrons. The Hall–Kier alpha value is -2.40. The van der Waals surface area contributed by atoms with Crippen molar-refractivity contribution in [2.75, 3.05) is 20.2 Å². The minimum atomic E-state index is 0.122. The van der Waals surface area contributed by atoms with Crippen molar-refractivity contribution in [2.45, 2.75) is 58.7 Å². The average Bonchev–Trinajstić information content (AvgIpc) is 3.36. The molecule has 2 bridgehead atoms. The summed E-state index contributed by atoms with van der Waals surface area (Å²) in [6, 6.07) is 9.20. The number of pyridine rings is 1.